The van der Waals surface area contributed by atoms with Gasteiger partial charge in [-0.25, -0.2) is 0 Å². The summed E-state index contributed by atoms with van der Waals surface area (Å²) in [6.07, 6.45) is 1.48. The molecule has 0 radical (unpaired) electrons. The van der Waals surface area contributed by atoms with Gasteiger partial charge in [0.25, 0.3) is 0 Å². The molecule has 1 heterocycles. The number of benzene rings is 2. The summed E-state index contributed by atoms with van der Waals surface area (Å²) in [7, 11) is 0. The number of phenolic OH excluding ortho intramolecular Hbond substituents is 1. The number of phenols is 1. The minimum Gasteiger partial charge on any atom is -0.502 e. The van der Waals surface area contributed by atoms with Gasteiger partial charge in [-0.05, 0) is 29.3 Å². The molecule has 0 saturated heterocycles. The van der Waals surface area contributed by atoms with Crippen molar-refractivity contribution >= 4 is 0 Å². The second-order valence-corrected chi connectivity index (χ2v) is 3.99. The molecule has 18 heavy (non-hydrogen) atoms. The van der Waals surface area contributed by atoms with Crippen LogP contribution in [0.15, 0.2) is 64.0 Å². The van der Waals surface area contributed by atoms with Crippen LogP contribution in [0.2, 0.25) is 0 Å². The number of hydrogen-bond acceptors (Lipinski definition) is 3. The topological polar surface area (TPSA) is 50.4 Å². The standard InChI is InChI=1S/C15H10O3/c16-13-7-6-12-11(10-4-2-1-3-5-10)8-9-18-15(12)14(13)17/h1-9,17H. The summed E-state index contributed by atoms with van der Waals surface area (Å²) in [5.74, 6) is -0.117. The van der Waals surface area contributed by atoms with Gasteiger partial charge < -0.3 is 9.52 Å². The molecule has 3 heteroatoms. The lowest BCUT2D eigenvalue weighted by Crippen LogP contribution is -2.01. The van der Waals surface area contributed by atoms with Crippen LogP contribution in [0.25, 0.3) is 22.5 Å². The SMILES string of the molecule is O=c1ccc2c(-c3ccccc3)ccoc-2c1O. The largest absolute Gasteiger partial charge is 0.502 e. The van der Waals surface area contributed by atoms with Crippen LogP contribution >= 0.6 is 0 Å². The summed E-state index contributed by atoms with van der Waals surface area (Å²) in [5, 5.41) is 9.72. The van der Waals surface area contributed by atoms with E-state index < -0.39 is 5.43 Å². The molecule has 1 N–H and O–H groups in total. The van der Waals surface area contributed by atoms with E-state index in [1.54, 1.807) is 6.07 Å². The van der Waals surface area contributed by atoms with Gasteiger partial charge in [0.05, 0.1) is 6.26 Å². The first-order chi connectivity index (χ1) is 8.77. The molecule has 3 rings (SSSR count). The molecule has 1 aliphatic heterocycles. The Morgan fingerprint density at radius 2 is 1.67 bits per heavy atom. The van der Waals surface area contributed by atoms with E-state index in [0.717, 1.165) is 16.7 Å². The van der Waals surface area contributed by atoms with Gasteiger partial charge in [-0.1, -0.05) is 30.3 Å². The molecule has 88 valence electrons. The minimum atomic E-state index is -0.434. The van der Waals surface area contributed by atoms with Crippen LogP contribution < -0.4 is 5.43 Å². The third-order valence-corrected chi connectivity index (χ3v) is 2.89. The Kier molecular flexibility index (Phi) is 2.38. The van der Waals surface area contributed by atoms with E-state index >= 15 is 0 Å². The maximum Gasteiger partial charge on any atom is 0.224 e. The monoisotopic (exact) mass is 238 g/mol. The van der Waals surface area contributed by atoms with Crippen molar-refractivity contribution in [3.05, 3.63) is 65.0 Å². The van der Waals surface area contributed by atoms with Crippen molar-refractivity contribution in [1.82, 2.24) is 0 Å². The lowest BCUT2D eigenvalue weighted by atomic mass is 9.98. The molecule has 0 aromatic heterocycles. The van der Waals surface area contributed by atoms with E-state index in [9.17, 15) is 9.90 Å². The summed E-state index contributed by atoms with van der Waals surface area (Å²) < 4.78 is 5.24. The Morgan fingerprint density at radius 3 is 2.44 bits per heavy atom. The van der Waals surface area contributed by atoms with Gasteiger partial charge in [-0.2, -0.15) is 0 Å². The van der Waals surface area contributed by atoms with Crippen molar-refractivity contribution in [2.45, 2.75) is 0 Å². The van der Waals surface area contributed by atoms with Crippen molar-refractivity contribution in [3.8, 4) is 28.2 Å². The lowest BCUT2D eigenvalue weighted by molar-refractivity contribution is 0.442. The minimum absolute atomic E-state index is 0.226. The second kappa shape index (κ2) is 4.04. The Bertz CT molecular complexity index is 714. The summed E-state index contributed by atoms with van der Waals surface area (Å²) in [4.78, 5) is 11.4. The number of aromatic hydroxyl groups is 1. The third-order valence-electron chi connectivity index (χ3n) is 2.89. The smallest absolute Gasteiger partial charge is 0.224 e. The average Bonchev–Trinajstić information content (AvgIpc) is 2.43. The van der Waals surface area contributed by atoms with Crippen molar-refractivity contribution in [3.63, 3.8) is 0 Å². The fourth-order valence-electron chi connectivity index (χ4n) is 2.01. The van der Waals surface area contributed by atoms with Crippen molar-refractivity contribution < 1.29 is 9.52 Å². The van der Waals surface area contributed by atoms with E-state index in [2.05, 4.69) is 0 Å². The van der Waals surface area contributed by atoms with Crippen molar-refractivity contribution in [1.29, 1.82) is 0 Å². The molecule has 3 nitrogen and oxygen atoms in total. The van der Waals surface area contributed by atoms with Gasteiger partial charge in [0, 0.05) is 5.56 Å². The molecule has 0 bridgehead atoms. The molecular weight excluding hydrogens is 228 g/mol. The van der Waals surface area contributed by atoms with Crippen LogP contribution in [0.3, 0.4) is 0 Å². The summed E-state index contributed by atoms with van der Waals surface area (Å²) in [5.41, 5.74) is 2.22. The predicted molar refractivity (Wildman–Crippen MR) is 68.7 cm³/mol. The van der Waals surface area contributed by atoms with E-state index in [-0.39, 0.29) is 11.5 Å². The zero-order valence-corrected chi connectivity index (χ0v) is 9.46. The molecule has 1 aromatic rings. The Labute approximate surface area is 103 Å². The molecule has 0 fully saturated rings. The maximum absolute atomic E-state index is 11.4. The van der Waals surface area contributed by atoms with Crippen LogP contribution in [0.5, 0.6) is 5.75 Å². The average molecular weight is 238 g/mol. The molecule has 2 aliphatic rings. The van der Waals surface area contributed by atoms with Crippen LogP contribution in [0, 0.1) is 0 Å². The molecule has 1 aromatic carbocycles. The van der Waals surface area contributed by atoms with Crippen LogP contribution in [0.4, 0.5) is 0 Å². The summed E-state index contributed by atoms with van der Waals surface area (Å²) in [6, 6.07) is 14.6. The molecule has 0 spiro atoms. The van der Waals surface area contributed by atoms with Gasteiger partial charge in [-0.15, -0.1) is 0 Å². The summed E-state index contributed by atoms with van der Waals surface area (Å²) >= 11 is 0. The highest BCUT2D eigenvalue weighted by atomic mass is 16.3. The maximum atomic E-state index is 11.4. The van der Waals surface area contributed by atoms with E-state index in [4.69, 9.17) is 4.42 Å². The van der Waals surface area contributed by atoms with Gasteiger partial charge in [0.1, 0.15) is 0 Å². The van der Waals surface area contributed by atoms with Crippen molar-refractivity contribution in [2.75, 3.05) is 0 Å². The third kappa shape index (κ3) is 1.57. The summed E-state index contributed by atoms with van der Waals surface area (Å²) in [6.45, 7) is 0. The molecule has 0 atom stereocenters. The van der Waals surface area contributed by atoms with Crippen LogP contribution in [0.1, 0.15) is 0 Å². The zero-order valence-electron chi connectivity index (χ0n) is 9.46. The highest BCUT2D eigenvalue weighted by molar-refractivity contribution is 5.83. The highest BCUT2D eigenvalue weighted by Gasteiger charge is 2.16. The first-order valence-electron chi connectivity index (χ1n) is 5.56. The normalized spacial score (nSPS) is 10.7. The predicted octanol–water partition coefficient (Wildman–Crippen LogP) is 3.12. The molecule has 0 amide bonds. The molecule has 1 aliphatic carbocycles. The molecular formula is C15H10O3. The Balaban J connectivity index is 2.33. The number of fused-ring (bicyclic) bond motifs is 1. The fourth-order valence-corrected chi connectivity index (χ4v) is 2.01. The van der Waals surface area contributed by atoms with E-state index in [0.29, 0.717) is 0 Å². The number of rotatable bonds is 1. The van der Waals surface area contributed by atoms with Crippen LogP contribution in [-0.2, 0) is 0 Å². The first kappa shape index (κ1) is 10.6. The number of hydrogen-bond donors (Lipinski definition) is 1. The second-order valence-electron chi connectivity index (χ2n) is 3.99. The van der Waals surface area contributed by atoms with E-state index in [1.807, 2.05) is 36.4 Å². The fraction of sp³-hybridized carbons (Fsp3) is 0. The van der Waals surface area contributed by atoms with Gasteiger partial charge >= 0.3 is 0 Å². The molecule has 0 saturated carbocycles. The lowest BCUT2D eigenvalue weighted by Gasteiger charge is -2.11. The zero-order chi connectivity index (χ0) is 12.5. The first-order valence-corrected chi connectivity index (χ1v) is 5.56. The Morgan fingerprint density at radius 1 is 0.889 bits per heavy atom. The van der Waals surface area contributed by atoms with Gasteiger partial charge in [0.15, 0.2) is 5.76 Å². The van der Waals surface area contributed by atoms with Gasteiger partial charge in [-0.3, -0.25) is 4.79 Å². The van der Waals surface area contributed by atoms with Crippen LogP contribution in [-0.4, -0.2) is 5.11 Å². The quantitative estimate of drug-likeness (QED) is 0.708. The Hall–Kier alpha value is -2.55. The van der Waals surface area contributed by atoms with Crippen molar-refractivity contribution in [2.24, 2.45) is 0 Å². The molecule has 0 unspecified atom stereocenters. The van der Waals surface area contributed by atoms with E-state index in [1.165, 1.54) is 12.3 Å². The highest BCUT2D eigenvalue weighted by Crippen LogP contribution is 2.36. The van der Waals surface area contributed by atoms with Gasteiger partial charge in [0.2, 0.25) is 11.2 Å².